The van der Waals surface area contributed by atoms with Crippen LogP contribution in [-0.2, 0) is 23.2 Å². The maximum absolute atomic E-state index is 12.7. The number of halogens is 3. The molecule has 2 saturated heterocycles. The van der Waals surface area contributed by atoms with E-state index in [-0.39, 0.29) is 12.0 Å². The Bertz CT molecular complexity index is 917. The summed E-state index contributed by atoms with van der Waals surface area (Å²) >= 11 is 0. The van der Waals surface area contributed by atoms with Crippen LogP contribution in [0, 0.1) is 0 Å². The van der Waals surface area contributed by atoms with E-state index in [4.69, 9.17) is 14.6 Å². The Kier molecular flexibility index (Phi) is 7.57. The van der Waals surface area contributed by atoms with Gasteiger partial charge in [-0.25, -0.2) is 4.79 Å². The van der Waals surface area contributed by atoms with Crippen molar-refractivity contribution in [3.05, 3.63) is 59.9 Å². The number of hydrogen-bond donors (Lipinski definition) is 1. The molecule has 2 aliphatic rings. The summed E-state index contributed by atoms with van der Waals surface area (Å²) in [5, 5.41) is 7.12. The summed E-state index contributed by atoms with van der Waals surface area (Å²) in [5.74, 6) is -2.62. The molecule has 7 nitrogen and oxygen atoms in total. The van der Waals surface area contributed by atoms with Gasteiger partial charge in [-0.15, -0.1) is 0 Å². The number of benzene rings is 1. The van der Waals surface area contributed by atoms with Crippen LogP contribution in [0.2, 0.25) is 0 Å². The molecular formula is C22H26F3N3O4. The number of fused-ring (bicyclic) bond motifs is 1. The van der Waals surface area contributed by atoms with Crippen molar-refractivity contribution in [2.45, 2.75) is 31.3 Å². The van der Waals surface area contributed by atoms with E-state index >= 15 is 0 Å². The number of aryl methyl sites for hydroxylation is 1. The second-order valence-electron chi connectivity index (χ2n) is 7.86. The lowest BCUT2D eigenvalue weighted by Gasteiger charge is -2.37. The fourth-order valence-electron chi connectivity index (χ4n) is 3.94. The first-order valence-electron chi connectivity index (χ1n) is 10.3. The third kappa shape index (κ3) is 6.10. The summed E-state index contributed by atoms with van der Waals surface area (Å²) in [5.41, 5.74) is 1.98. The van der Waals surface area contributed by atoms with Crippen LogP contribution in [0.3, 0.4) is 0 Å². The van der Waals surface area contributed by atoms with Crippen LogP contribution < -0.4 is 0 Å². The molecule has 0 spiro atoms. The normalized spacial score (nSPS) is 20.9. The van der Waals surface area contributed by atoms with Gasteiger partial charge >= 0.3 is 12.1 Å². The number of carboxylic acid groups (broad SMARTS) is 1. The van der Waals surface area contributed by atoms with E-state index in [0.29, 0.717) is 12.6 Å². The molecule has 2 aromatic rings. The number of carboxylic acids is 1. The zero-order chi connectivity index (χ0) is 23.3. The first-order valence-corrected chi connectivity index (χ1v) is 10.3. The molecule has 1 N–H and O–H groups in total. The van der Waals surface area contributed by atoms with Crippen LogP contribution >= 0.6 is 0 Å². The van der Waals surface area contributed by atoms with Crippen molar-refractivity contribution in [1.82, 2.24) is 14.4 Å². The molecule has 0 bridgehead atoms. The number of ether oxygens (including phenoxy) is 1. The lowest BCUT2D eigenvalue weighted by atomic mass is 10.1. The monoisotopic (exact) mass is 453 g/mol. The molecule has 1 amide bonds. The van der Waals surface area contributed by atoms with Crippen LogP contribution in [0.4, 0.5) is 13.2 Å². The zero-order valence-corrected chi connectivity index (χ0v) is 17.7. The van der Waals surface area contributed by atoms with Gasteiger partial charge in [0.1, 0.15) is 5.69 Å². The number of nitrogens with zero attached hydrogens (tertiary/aromatic N) is 3. The van der Waals surface area contributed by atoms with Gasteiger partial charge in [0.25, 0.3) is 5.91 Å². The summed E-state index contributed by atoms with van der Waals surface area (Å²) in [7, 11) is 1.92. The highest BCUT2D eigenvalue weighted by molar-refractivity contribution is 5.92. The summed E-state index contributed by atoms with van der Waals surface area (Å²) < 4.78 is 39.8. The van der Waals surface area contributed by atoms with Crippen LogP contribution in [-0.4, -0.2) is 75.9 Å². The Morgan fingerprint density at radius 3 is 2.38 bits per heavy atom. The summed E-state index contributed by atoms with van der Waals surface area (Å²) in [4.78, 5) is 26.1. The number of amides is 1. The summed E-state index contributed by atoms with van der Waals surface area (Å²) in [6.07, 6.45) is -1.90. The van der Waals surface area contributed by atoms with Crippen molar-refractivity contribution in [3.63, 3.8) is 0 Å². The number of aromatic nitrogens is 1. The average molecular weight is 453 g/mol. The third-order valence-corrected chi connectivity index (χ3v) is 5.60. The minimum Gasteiger partial charge on any atom is -0.475 e. The second kappa shape index (κ2) is 10.2. The van der Waals surface area contributed by atoms with E-state index in [1.165, 1.54) is 5.56 Å². The third-order valence-electron chi connectivity index (χ3n) is 5.60. The topological polar surface area (TPSA) is 75.0 Å². The molecule has 3 heterocycles. The Hall–Kier alpha value is -2.85. The van der Waals surface area contributed by atoms with Crippen molar-refractivity contribution in [2.75, 3.05) is 26.2 Å². The molecule has 2 fully saturated rings. The largest absolute Gasteiger partial charge is 0.490 e. The zero-order valence-electron chi connectivity index (χ0n) is 17.7. The van der Waals surface area contributed by atoms with Gasteiger partial charge in [-0.1, -0.05) is 30.3 Å². The Morgan fingerprint density at radius 2 is 1.78 bits per heavy atom. The van der Waals surface area contributed by atoms with Gasteiger partial charge < -0.3 is 19.3 Å². The molecule has 174 valence electrons. The van der Waals surface area contributed by atoms with E-state index < -0.39 is 12.1 Å². The molecule has 0 unspecified atom stereocenters. The predicted octanol–water partition coefficient (Wildman–Crippen LogP) is 2.77. The highest BCUT2D eigenvalue weighted by Gasteiger charge is 2.39. The van der Waals surface area contributed by atoms with Crippen molar-refractivity contribution < 1.29 is 32.6 Å². The van der Waals surface area contributed by atoms with E-state index in [1.807, 2.05) is 53.0 Å². The molecule has 0 radical (unpaired) electrons. The van der Waals surface area contributed by atoms with E-state index in [9.17, 15) is 18.0 Å². The van der Waals surface area contributed by atoms with Crippen LogP contribution in [0.5, 0.6) is 0 Å². The standard InChI is InChI=1S/C20H25N3O2.C2HF3O2/c1-21-9-5-8-19(21)20(24)23-11-10-22-14-18(12-17(22)13-23)25-15-16-6-3-2-4-7-16;3-2(4,5)1(6)7/h2-9,17-18H,10-15H2,1H3;(H,6,7)/t17-,18+;/m0./s1. The lowest BCUT2D eigenvalue weighted by Crippen LogP contribution is -2.52. The second-order valence-corrected chi connectivity index (χ2v) is 7.86. The summed E-state index contributed by atoms with van der Waals surface area (Å²) in [6, 6.07) is 14.6. The highest BCUT2D eigenvalue weighted by Crippen LogP contribution is 2.25. The van der Waals surface area contributed by atoms with Gasteiger partial charge in [0.05, 0.1) is 12.7 Å². The molecule has 32 heavy (non-hydrogen) atoms. The van der Waals surface area contributed by atoms with Crippen molar-refractivity contribution in [3.8, 4) is 0 Å². The Morgan fingerprint density at radius 1 is 1.09 bits per heavy atom. The number of aliphatic carboxylic acids is 1. The van der Waals surface area contributed by atoms with Crippen molar-refractivity contribution in [1.29, 1.82) is 0 Å². The van der Waals surface area contributed by atoms with Gasteiger partial charge in [-0.3, -0.25) is 9.69 Å². The van der Waals surface area contributed by atoms with Gasteiger partial charge in [0, 0.05) is 45.5 Å². The van der Waals surface area contributed by atoms with E-state index in [1.54, 1.807) is 0 Å². The molecule has 4 rings (SSSR count). The highest BCUT2D eigenvalue weighted by atomic mass is 19.4. The van der Waals surface area contributed by atoms with Crippen LogP contribution in [0.25, 0.3) is 0 Å². The molecule has 10 heteroatoms. The lowest BCUT2D eigenvalue weighted by molar-refractivity contribution is -0.192. The Balaban J connectivity index is 0.000000360. The van der Waals surface area contributed by atoms with E-state index in [2.05, 4.69) is 17.0 Å². The minimum atomic E-state index is -5.08. The molecule has 2 aliphatic heterocycles. The van der Waals surface area contributed by atoms with Gasteiger partial charge in [0.2, 0.25) is 0 Å². The molecule has 2 atom stereocenters. The van der Waals surface area contributed by atoms with Crippen LogP contribution in [0.15, 0.2) is 48.7 Å². The fourth-order valence-corrected chi connectivity index (χ4v) is 3.94. The van der Waals surface area contributed by atoms with Crippen molar-refractivity contribution >= 4 is 11.9 Å². The molecular weight excluding hydrogens is 427 g/mol. The number of carbonyl (C=O) groups is 2. The molecule has 1 aromatic carbocycles. The number of piperazine rings is 1. The maximum atomic E-state index is 12.7. The first-order chi connectivity index (χ1) is 15.1. The van der Waals surface area contributed by atoms with Crippen molar-refractivity contribution in [2.24, 2.45) is 7.05 Å². The number of carbonyl (C=O) groups excluding carboxylic acids is 1. The maximum Gasteiger partial charge on any atom is 0.490 e. The molecule has 0 saturated carbocycles. The number of hydrogen-bond acceptors (Lipinski definition) is 4. The van der Waals surface area contributed by atoms with Gasteiger partial charge in [-0.2, -0.15) is 13.2 Å². The average Bonchev–Trinajstić information content (AvgIpc) is 3.37. The van der Waals surface area contributed by atoms with Gasteiger partial charge in [-0.05, 0) is 24.1 Å². The SMILES string of the molecule is Cn1cccc1C(=O)N1CCN2C[C@H](OCc3ccccc3)C[C@H]2C1.O=C(O)C(F)(F)F. The molecule has 0 aliphatic carbocycles. The summed E-state index contributed by atoms with van der Waals surface area (Å²) in [6.45, 7) is 4.18. The first kappa shape index (κ1) is 23.8. The van der Waals surface area contributed by atoms with E-state index in [0.717, 1.165) is 38.3 Å². The number of alkyl halides is 3. The fraction of sp³-hybridized carbons (Fsp3) is 0.455. The molecule has 1 aromatic heterocycles. The minimum absolute atomic E-state index is 0.140. The number of rotatable bonds is 4. The smallest absolute Gasteiger partial charge is 0.475 e. The predicted molar refractivity (Wildman–Crippen MR) is 110 cm³/mol. The van der Waals surface area contributed by atoms with Crippen LogP contribution in [0.1, 0.15) is 22.5 Å². The Labute approximate surface area is 184 Å². The quantitative estimate of drug-likeness (QED) is 0.771. The van der Waals surface area contributed by atoms with Gasteiger partial charge in [0.15, 0.2) is 0 Å².